The van der Waals surface area contributed by atoms with Crippen molar-refractivity contribution < 1.29 is 19.1 Å². The summed E-state index contributed by atoms with van der Waals surface area (Å²) in [7, 11) is 0. The lowest BCUT2D eigenvalue weighted by Gasteiger charge is -2.18. The maximum Gasteiger partial charge on any atom is 0.408 e. The number of alkyl carbamates (subject to hydrolysis) is 1. The van der Waals surface area contributed by atoms with Crippen molar-refractivity contribution in [3.05, 3.63) is 71.6 Å². The molecule has 3 N–H and O–H groups in total. The van der Waals surface area contributed by atoms with Gasteiger partial charge in [0.2, 0.25) is 11.8 Å². The van der Waals surface area contributed by atoms with Gasteiger partial charge in [0.1, 0.15) is 12.6 Å². The Hall–Kier alpha value is -3.72. The van der Waals surface area contributed by atoms with E-state index in [1.165, 1.54) is 18.3 Å². The highest BCUT2D eigenvalue weighted by molar-refractivity contribution is 7.14. The number of benzene rings is 2. The summed E-state index contributed by atoms with van der Waals surface area (Å²) in [6.07, 6.45) is 1.03. The van der Waals surface area contributed by atoms with Crippen LogP contribution in [0.3, 0.4) is 0 Å². The summed E-state index contributed by atoms with van der Waals surface area (Å²) in [6, 6.07) is 18.2. The first-order valence-corrected chi connectivity index (χ1v) is 11.9. The van der Waals surface area contributed by atoms with E-state index >= 15 is 0 Å². The van der Waals surface area contributed by atoms with Gasteiger partial charge >= 0.3 is 6.09 Å². The van der Waals surface area contributed by atoms with Crippen LogP contribution in [-0.4, -0.2) is 35.5 Å². The normalized spacial score (nSPS) is 11.3. The molecule has 0 aliphatic heterocycles. The third-order valence-electron chi connectivity index (χ3n) is 4.92. The third-order valence-corrected chi connectivity index (χ3v) is 5.68. The second kappa shape index (κ2) is 13.1. The van der Waals surface area contributed by atoms with Gasteiger partial charge in [-0.2, -0.15) is 0 Å². The molecule has 3 aromatic rings. The Kier molecular flexibility index (Phi) is 9.60. The molecule has 3 amide bonds. The number of carbonyl (C=O) groups excluding carboxylic acids is 3. The van der Waals surface area contributed by atoms with Crippen LogP contribution in [0.1, 0.15) is 31.7 Å². The first-order valence-electron chi connectivity index (χ1n) is 11.0. The molecule has 1 atom stereocenters. The van der Waals surface area contributed by atoms with Crippen LogP contribution in [0.15, 0.2) is 66.0 Å². The smallest absolute Gasteiger partial charge is 0.408 e. The van der Waals surface area contributed by atoms with E-state index < -0.39 is 12.1 Å². The standard InChI is InChI=1S/C25H28N4O4S/c1-18(30)26-15-9-8-14-21(28-25(32)33-16-19-10-4-2-5-11-19)23(31)29-24-27-22(17-34-24)20-12-6-3-7-13-20/h2-7,10-13,17,21H,8-9,14-16H2,1H3,(H,26,30)(H,28,32)(H,27,29,31)/t21-/m0/s1. The number of thiazole rings is 1. The number of amides is 3. The van der Waals surface area contributed by atoms with Crippen molar-refractivity contribution >= 4 is 34.4 Å². The molecule has 1 aromatic heterocycles. The Morgan fingerprint density at radius 3 is 2.41 bits per heavy atom. The molecule has 0 fully saturated rings. The fourth-order valence-corrected chi connectivity index (χ4v) is 3.90. The number of aromatic nitrogens is 1. The maximum absolute atomic E-state index is 13.0. The summed E-state index contributed by atoms with van der Waals surface area (Å²) in [4.78, 5) is 40.8. The van der Waals surface area contributed by atoms with Crippen LogP contribution in [0.2, 0.25) is 0 Å². The van der Waals surface area contributed by atoms with Crippen LogP contribution >= 0.6 is 11.3 Å². The number of nitrogens with one attached hydrogen (secondary N) is 3. The Morgan fingerprint density at radius 2 is 1.71 bits per heavy atom. The molecule has 0 aliphatic rings. The maximum atomic E-state index is 13.0. The van der Waals surface area contributed by atoms with E-state index in [0.29, 0.717) is 30.9 Å². The summed E-state index contributed by atoms with van der Waals surface area (Å²) >= 11 is 1.32. The van der Waals surface area contributed by atoms with Gasteiger partial charge in [0.15, 0.2) is 5.13 Å². The second-order valence-electron chi connectivity index (χ2n) is 7.63. The number of hydrogen-bond acceptors (Lipinski definition) is 6. The molecule has 0 unspecified atom stereocenters. The Balaban J connectivity index is 1.58. The van der Waals surface area contributed by atoms with Gasteiger partial charge in [0.05, 0.1) is 5.69 Å². The summed E-state index contributed by atoms with van der Waals surface area (Å²) < 4.78 is 5.28. The number of carbonyl (C=O) groups is 3. The van der Waals surface area contributed by atoms with E-state index in [1.54, 1.807) is 0 Å². The van der Waals surface area contributed by atoms with E-state index in [9.17, 15) is 14.4 Å². The van der Waals surface area contributed by atoms with E-state index in [0.717, 1.165) is 16.8 Å². The second-order valence-corrected chi connectivity index (χ2v) is 8.49. The first kappa shape index (κ1) is 24.9. The SMILES string of the molecule is CC(=O)NCCCC[C@H](NC(=O)OCc1ccccc1)C(=O)Nc1nc(-c2ccccc2)cs1. The van der Waals surface area contributed by atoms with Crippen LogP contribution in [0.5, 0.6) is 0 Å². The summed E-state index contributed by atoms with van der Waals surface area (Å²) in [6.45, 7) is 2.07. The Bertz CT molecular complexity index is 1070. The van der Waals surface area contributed by atoms with Crippen molar-refractivity contribution in [2.24, 2.45) is 0 Å². The molecule has 2 aromatic carbocycles. The average molecular weight is 481 g/mol. The van der Waals surface area contributed by atoms with Crippen molar-refractivity contribution in [2.75, 3.05) is 11.9 Å². The van der Waals surface area contributed by atoms with Crippen molar-refractivity contribution in [1.82, 2.24) is 15.6 Å². The molecule has 0 saturated carbocycles. The highest BCUT2D eigenvalue weighted by atomic mass is 32.1. The monoisotopic (exact) mass is 480 g/mol. The van der Waals surface area contributed by atoms with Crippen LogP contribution in [0, 0.1) is 0 Å². The third kappa shape index (κ3) is 8.32. The Labute approximate surface area is 202 Å². The molecule has 1 heterocycles. The molecular weight excluding hydrogens is 452 g/mol. The predicted molar refractivity (Wildman–Crippen MR) is 132 cm³/mol. The fourth-order valence-electron chi connectivity index (χ4n) is 3.18. The molecule has 0 saturated heterocycles. The lowest BCUT2D eigenvalue weighted by Crippen LogP contribution is -2.44. The van der Waals surface area contributed by atoms with Crippen molar-refractivity contribution in [3.63, 3.8) is 0 Å². The van der Waals surface area contributed by atoms with Crippen molar-refractivity contribution in [1.29, 1.82) is 0 Å². The molecule has 0 bridgehead atoms. The zero-order valence-corrected chi connectivity index (χ0v) is 19.8. The van der Waals surface area contributed by atoms with Gasteiger partial charge in [-0.25, -0.2) is 9.78 Å². The minimum absolute atomic E-state index is 0.102. The molecule has 0 aliphatic carbocycles. The molecule has 8 nitrogen and oxygen atoms in total. The highest BCUT2D eigenvalue weighted by Crippen LogP contribution is 2.24. The van der Waals surface area contributed by atoms with Gasteiger partial charge in [-0.05, 0) is 24.8 Å². The molecule has 0 radical (unpaired) electrons. The van der Waals surface area contributed by atoms with Crippen molar-refractivity contribution in [2.45, 2.75) is 38.8 Å². The zero-order valence-electron chi connectivity index (χ0n) is 19.0. The molecule has 34 heavy (non-hydrogen) atoms. The van der Waals surface area contributed by atoms with E-state index in [2.05, 4.69) is 20.9 Å². The van der Waals surface area contributed by atoms with Crippen LogP contribution in [0.4, 0.5) is 9.93 Å². The quantitative estimate of drug-likeness (QED) is 0.354. The van der Waals surface area contributed by atoms with Gasteiger partial charge in [-0.1, -0.05) is 60.7 Å². The fraction of sp³-hybridized carbons (Fsp3) is 0.280. The van der Waals surface area contributed by atoms with Gasteiger partial charge in [0.25, 0.3) is 0 Å². The van der Waals surface area contributed by atoms with Crippen LogP contribution in [-0.2, 0) is 20.9 Å². The van der Waals surface area contributed by atoms with Gasteiger partial charge in [0, 0.05) is 24.4 Å². The number of anilines is 1. The average Bonchev–Trinajstić information content (AvgIpc) is 3.31. The van der Waals surface area contributed by atoms with Crippen LogP contribution < -0.4 is 16.0 Å². The van der Waals surface area contributed by atoms with Crippen LogP contribution in [0.25, 0.3) is 11.3 Å². The van der Waals surface area contributed by atoms with E-state index in [-0.39, 0.29) is 18.4 Å². The molecule has 0 spiro atoms. The molecule has 3 rings (SSSR count). The molecular formula is C25H28N4O4S. The van der Waals surface area contributed by atoms with Gasteiger partial charge in [-0.3, -0.25) is 9.59 Å². The lowest BCUT2D eigenvalue weighted by molar-refractivity contribution is -0.119. The Morgan fingerprint density at radius 1 is 1.00 bits per heavy atom. The molecule has 9 heteroatoms. The zero-order chi connectivity index (χ0) is 24.2. The topological polar surface area (TPSA) is 109 Å². The van der Waals surface area contributed by atoms with Gasteiger partial charge in [-0.15, -0.1) is 11.3 Å². The first-order chi connectivity index (χ1) is 16.5. The number of unbranched alkanes of at least 4 members (excludes halogenated alkanes) is 1. The molecule has 178 valence electrons. The largest absolute Gasteiger partial charge is 0.445 e. The summed E-state index contributed by atoms with van der Waals surface area (Å²) in [5, 5.41) is 10.5. The minimum atomic E-state index is -0.801. The number of rotatable bonds is 11. The number of hydrogen-bond donors (Lipinski definition) is 3. The number of ether oxygens (including phenoxy) is 1. The summed E-state index contributed by atoms with van der Waals surface area (Å²) in [5.41, 5.74) is 2.57. The lowest BCUT2D eigenvalue weighted by atomic mass is 10.1. The predicted octanol–water partition coefficient (Wildman–Crippen LogP) is 4.35. The van der Waals surface area contributed by atoms with Crippen molar-refractivity contribution in [3.8, 4) is 11.3 Å². The summed E-state index contributed by atoms with van der Waals surface area (Å²) in [5.74, 6) is -0.472. The van der Waals surface area contributed by atoms with E-state index in [1.807, 2.05) is 66.0 Å². The van der Waals surface area contributed by atoms with E-state index in [4.69, 9.17) is 4.74 Å². The highest BCUT2D eigenvalue weighted by Gasteiger charge is 2.22. The minimum Gasteiger partial charge on any atom is -0.445 e. The van der Waals surface area contributed by atoms with Gasteiger partial charge < -0.3 is 20.7 Å². The number of nitrogens with zero attached hydrogens (tertiary/aromatic N) is 1.